The van der Waals surface area contributed by atoms with Crippen LogP contribution in [0.3, 0.4) is 0 Å². The molecule has 1 heterocycles. The number of epoxide rings is 1. The summed E-state index contributed by atoms with van der Waals surface area (Å²) in [6, 6.07) is 0. The summed E-state index contributed by atoms with van der Waals surface area (Å²) >= 11 is 0. The summed E-state index contributed by atoms with van der Waals surface area (Å²) in [7, 11) is 0. The standard InChI is InChI=1S/C16H22O5/c1-8-7-12(20-10(3)18)14-16(21-14)6-5-11(19)13(9(2)17)15(8,16)4/h8,12-14H,5-7H2,1-4H3/t8-,12-,13-,14-,15-,16-/m0/s1. The molecule has 3 aliphatic rings. The molecule has 0 N–H and O–H groups in total. The first-order valence-corrected chi connectivity index (χ1v) is 7.62. The van der Waals surface area contributed by atoms with E-state index < -0.39 is 16.9 Å². The summed E-state index contributed by atoms with van der Waals surface area (Å²) in [6.07, 6.45) is 1.21. The number of esters is 1. The zero-order chi connectivity index (χ0) is 15.6. The predicted octanol–water partition coefficient (Wildman–Crippen LogP) is 1.67. The van der Waals surface area contributed by atoms with E-state index in [9.17, 15) is 14.4 Å². The smallest absolute Gasteiger partial charge is 0.302 e. The molecule has 0 radical (unpaired) electrons. The second-order valence-electron chi connectivity index (χ2n) is 7.01. The van der Waals surface area contributed by atoms with Crippen LogP contribution in [-0.4, -0.2) is 35.3 Å². The number of Topliss-reactive ketones (excluding diaryl/α,β-unsaturated/α-hetero) is 2. The van der Waals surface area contributed by atoms with E-state index in [1.165, 1.54) is 13.8 Å². The molecule has 0 unspecified atom stereocenters. The lowest BCUT2D eigenvalue weighted by Crippen LogP contribution is -2.60. The molecule has 0 aromatic carbocycles. The van der Waals surface area contributed by atoms with Crippen molar-refractivity contribution in [3.63, 3.8) is 0 Å². The summed E-state index contributed by atoms with van der Waals surface area (Å²) in [5, 5.41) is 0. The summed E-state index contributed by atoms with van der Waals surface area (Å²) in [5.74, 6) is -0.865. The van der Waals surface area contributed by atoms with Gasteiger partial charge in [0.25, 0.3) is 0 Å². The Morgan fingerprint density at radius 2 is 2.00 bits per heavy atom. The summed E-state index contributed by atoms with van der Waals surface area (Å²) in [4.78, 5) is 35.6. The Bertz CT molecular complexity index is 527. The number of carbonyl (C=O) groups excluding carboxylic acids is 3. The van der Waals surface area contributed by atoms with Crippen LogP contribution in [0, 0.1) is 17.3 Å². The highest BCUT2D eigenvalue weighted by Gasteiger charge is 2.78. The van der Waals surface area contributed by atoms with Gasteiger partial charge in [-0.05, 0) is 25.7 Å². The van der Waals surface area contributed by atoms with Gasteiger partial charge >= 0.3 is 5.97 Å². The molecule has 0 bridgehead atoms. The molecule has 0 aromatic heterocycles. The molecule has 2 saturated carbocycles. The summed E-state index contributed by atoms with van der Waals surface area (Å²) < 4.78 is 11.4. The van der Waals surface area contributed by atoms with Gasteiger partial charge in [-0.1, -0.05) is 13.8 Å². The van der Waals surface area contributed by atoms with Gasteiger partial charge < -0.3 is 9.47 Å². The van der Waals surface area contributed by atoms with Gasteiger partial charge in [0.1, 0.15) is 29.4 Å². The van der Waals surface area contributed by atoms with Crippen molar-refractivity contribution in [3.05, 3.63) is 0 Å². The molecule has 116 valence electrons. The zero-order valence-corrected chi connectivity index (χ0v) is 13.0. The van der Waals surface area contributed by atoms with Crippen molar-refractivity contribution in [2.75, 3.05) is 0 Å². The van der Waals surface area contributed by atoms with Crippen molar-refractivity contribution in [1.29, 1.82) is 0 Å². The quantitative estimate of drug-likeness (QED) is 0.440. The third kappa shape index (κ3) is 1.76. The van der Waals surface area contributed by atoms with Crippen LogP contribution in [-0.2, 0) is 23.9 Å². The van der Waals surface area contributed by atoms with Gasteiger partial charge in [-0.2, -0.15) is 0 Å². The highest BCUT2D eigenvalue weighted by Crippen LogP contribution is 2.68. The van der Waals surface area contributed by atoms with Crippen LogP contribution in [0.4, 0.5) is 0 Å². The topological polar surface area (TPSA) is 73.0 Å². The van der Waals surface area contributed by atoms with E-state index in [1.807, 2.05) is 13.8 Å². The summed E-state index contributed by atoms with van der Waals surface area (Å²) in [5.41, 5.74) is -0.968. The molecule has 0 aromatic rings. The third-order valence-corrected chi connectivity index (χ3v) is 5.99. The van der Waals surface area contributed by atoms with Crippen molar-refractivity contribution in [2.24, 2.45) is 17.3 Å². The molecule has 5 heteroatoms. The van der Waals surface area contributed by atoms with Crippen LogP contribution in [0.25, 0.3) is 0 Å². The normalized spacial score (nSPS) is 48.1. The SMILES string of the molecule is CC(=O)O[C@H]1C[C@H](C)[C@@]2(C)[C@@H](C(C)=O)C(=O)CC[C@@]23O[C@@H]13. The Morgan fingerprint density at radius 1 is 1.33 bits per heavy atom. The van der Waals surface area contributed by atoms with E-state index in [-0.39, 0.29) is 35.7 Å². The Labute approximate surface area is 124 Å². The average molecular weight is 294 g/mol. The van der Waals surface area contributed by atoms with E-state index in [0.717, 1.165) is 0 Å². The highest BCUT2D eigenvalue weighted by atomic mass is 16.6. The monoisotopic (exact) mass is 294 g/mol. The first kappa shape index (κ1) is 14.7. The van der Waals surface area contributed by atoms with Gasteiger partial charge in [-0.3, -0.25) is 14.4 Å². The van der Waals surface area contributed by atoms with Gasteiger partial charge in [0, 0.05) is 18.8 Å². The lowest BCUT2D eigenvalue weighted by molar-refractivity contribution is -0.158. The van der Waals surface area contributed by atoms with Crippen molar-refractivity contribution >= 4 is 17.5 Å². The third-order valence-electron chi connectivity index (χ3n) is 5.99. The molecule has 3 rings (SSSR count). The minimum Gasteiger partial charge on any atom is -0.460 e. The van der Waals surface area contributed by atoms with Gasteiger partial charge in [-0.25, -0.2) is 0 Å². The summed E-state index contributed by atoms with van der Waals surface area (Å²) in [6.45, 7) is 6.93. The highest BCUT2D eigenvalue weighted by molar-refractivity contribution is 6.03. The minimum absolute atomic E-state index is 0.0302. The molecule has 1 saturated heterocycles. The fourth-order valence-corrected chi connectivity index (χ4v) is 4.90. The molecular formula is C16H22O5. The lowest BCUT2D eigenvalue weighted by Gasteiger charge is -2.51. The Kier molecular flexibility index (Phi) is 3.07. The maximum Gasteiger partial charge on any atom is 0.302 e. The zero-order valence-electron chi connectivity index (χ0n) is 13.0. The molecule has 3 fully saturated rings. The van der Waals surface area contributed by atoms with Gasteiger partial charge in [-0.15, -0.1) is 0 Å². The fourth-order valence-electron chi connectivity index (χ4n) is 4.90. The van der Waals surface area contributed by atoms with E-state index >= 15 is 0 Å². The number of hydrogen-bond donors (Lipinski definition) is 0. The molecule has 1 spiro atoms. The Balaban J connectivity index is 1.98. The molecule has 6 atom stereocenters. The first-order chi connectivity index (χ1) is 9.74. The minimum atomic E-state index is -0.593. The number of hydrogen-bond acceptors (Lipinski definition) is 5. The fraction of sp³-hybridized carbons (Fsp3) is 0.812. The number of carbonyl (C=O) groups is 3. The van der Waals surface area contributed by atoms with Crippen LogP contribution in [0.15, 0.2) is 0 Å². The van der Waals surface area contributed by atoms with Crippen LogP contribution < -0.4 is 0 Å². The molecule has 2 aliphatic carbocycles. The predicted molar refractivity (Wildman–Crippen MR) is 73.5 cm³/mol. The van der Waals surface area contributed by atoms with Gasteiger partial charge in [0.2, 0.25) is 0 Å². The van der Waals surface area contributed by atoms with E-state index in [1.54, 1.807) is 0 Å². The Hall–Kier alpha value is -1.23. The molecule has 0 amide bonds. The van der Waals surface area contributed by atoms with E-state index in [0.29, 0.717) is 19.3 Å². The van der Waals surface area contributed by atoms with Crippen LogP contribution in [0.5, 0.6) is 0 Å². The second kappa shape index (κ2) is 4.38. The van der Waals surface area contributed by atoms with Crippen molar-refractivity contribution in [2.45, 2.75) is 64.8 Å². The van der Waals surface area contributed by atoms with Crippen LogP contribution in [0.2, 0.25) is 0 Å². The van der Waals surface area contributed by atoms with Crippen molar-refractivity contribution < 1.29 is 23.9 Å². The van der Waals surface area contributed by atoms with E-state index in [2.05, 4.69) is 0 Å². The van der Waals surface area contributed by atoms with E-state index in [4.69, 9.17) is 9.47 Å². The number of rotatable bonds is 2. The molecule has 1 aliphatic heterocycles. The van der Waals surface area contributed by atoms with Crippen molar-refractivity contribution in [1.82, 2.24) is 0 Å². The number of ether oxygens (including phenoxy) is 2. The van der Waals surface area contributed by atoms with Gasteiger partial charge in [0.15, 0.2) is 0 Å². The Morgan fingerprint density at radius 3 is 2.57 bits per heavy atom. The maximum absolute atomic E-state index is 12.3. The molecule has 21 heavy (non-hydrogen) atoms. The van der Waals surface area contributed by atoms with Gasteiger partial charge in [0.05, 0.1) is 5.92 Å². The van der Waals surface area contributed by atoms with Crippen molar-refractivity contribution in [3.8, 4) is 0 Å². The maximum atomic E-state index is 12.3. The second-order valence-corrected chi connectivity index (χ2v) is 7.01. The van der Waals surface area contributed by atoms with Crippen LogP contribution >= 0.6 is 0 Å². The largest absolute Gasteiger partial charge is 0.460 e. The lowest BCUT2D eigenvalue weighted by atomic mass is 9.49. The number of ketones is 2. The average Bonchev–Trinajstić information content (AvgIpc) is 3.08. The first-order valence-electron chi connectivity index (χ1n) is 7.62. The molecule has 5 nitrogen and oxygen atoms in total. The van der Waals surface area contributed by atoms with Crippen LogP contribution in [0.1, 0.15) is 47.0 Å². The molecular weight excluding hydrogens is 272 g/mol.